The predicted octanol–water partition coefficient (Wildman–Crippen LogP) is 2.14. The summed E-state index contributed by atoms with van der Waals surface area (Å²) in [7, 11) is 3.33. The molecule has 0 aliphatic carbocycles. The first-order valence-corrected chi connectivity index (χ1v) is 6.95. The van der Waals surface area contributed by atoms with E-state index in [2.05, 4.69) is 20.8 Å². The Labute approximate surface area is 132 Å². The number of aryl methyl sites for hydroxylation is 1. The predicted molar refractivity (Wildman–Crippen MR) is 85.2 cm³/mol. The molecule has 1 heterocycles. The van der Waals surface area contributed by atoms with Crippen LogP contribution in [0.4, 0.5) is 5.69 Å². The number of benzene rings is 2. The third kappa shape index (κ3) is 3.18. The van der Waals surface area contributed by atoms with Gasteiger partial charge in [-0.25, -0.2) is 4.68 Å². The molecule has 0 unspecified atom stereocenters. The number of aromatic nitrogens is 4. The van der Waals surface area contributed by atoms with E-state index in [4.69, 9.17) is 4.74 Å². The van der Waals surface area contributed by atoms with Crippen molar-refractivity contribution in [2.45, 2.75) is 0 Å². The molecule has 1 amide bonds. The molecule has 0 atom stereocenters. The summed E-state index contributed by atoms with van der Waals surface area (Å²) >= 11 is 0. The Morgan fingerprint density at radius 2 is 2.00 bits per heavy atom. The molecule has 116 valence electrons. The molecule has 0 aliphatic rings. The lowest BCUT2D eigenvalue weighted by Gasteiger charge is -2.08. The van der Waals surface area contributed by atoms with Crippen LogP contribution in [0.2, 0.25) is 0 Å². The molecule has 3 rings (SSSR count). The van der Waals surface area contributed by atoms with Crippen LogP contribution in [0.15, 0.2) is 48.5 Å². The minimum Gasteiger partial charge on any atom is -0.497 e. The van der Waals surface area contributed by atoms with Crippen LogP contribution in [-0.2, 0) is 7.05 Å². The van der Waals surface area contributed by atoms with Gasteiger partial charge >= 0.3 is 0 Å². The van der Waals surface area contributed by atoms with Gasteiger partial charge in [-0.2, -0.15) is 0 Å². The third-order valence-electron chi connectivity index (χ3n) is 3.33. The Balaban J connectivity index is 1.84. The summed E-state index contributed by atoms with van der Waals surface area (Å²) in [6, 6.07) is 14.3. The average Bonchev–Trinajstić information content (AvgIpc) is 3.01. The number of hydrogen-bond donors (Lipinski definition) is 1. The zero-order chi connectivity index (χ0) is 16.2. The fraction of sp³-hybridized carbons (Fsp3) is 0.125. The second-order valence-electron chi connectivity index (χ2n) is 4.89. The van der Waals surface area contributed by atoms with Gasteiger partial charge in [0.1, 0.15) is 5.75 Å². The van der Waals surface area contributed by atoms with Crippen molar-refractivity contribution in [2.24, 2.45) is 7.05 Å². The van der Waals surface area contributed by atoms with E-state index in [1.165, 1.54) is 0 Å². The van der Waals surface area contributed by atoms with E-state index in [0.717, 1.165) is 5.56 Å². The molecule has 1 N–H and O–H groups in total. The monoisotopic (exact) mass is 309 g/mol. The highest BCUT2D eigenvalue weighted by Crippen LogP contribution is 2.20. The fourth-order valence-corrected chi connectivity index (χ4v) is 2.18. The first-order chi connectivity index (χ1) is 11.2. The number of carbonyl (C=O) groups is 1. The van der Waals surface area contributed by atoms with E-state index >= 15 is 0 Å². The molecule has 7 nitrogen and oxygen atoms in total. The Morgan fingerprint density at radius 1 is 1.17 bits per heavy atom. The molecule has 0 saturated heterocycles. The Morgan fingerprint density at radius 3 is 2.74 bits per heavy atom. The van der Waals surface area contributed by atoms with Crippen LogP contribution in [0.25, 0.3) is 11.4 Å². The van der Waals surface area contributed by atoms with Crippen LogP contribution >= 0.6 is 0 Å². The van der Waals surface area contributed by atoms with Gasteiger partial charge in [-0.3, -0.25) is 4.79 Å². The highest BCUT2D eigenvalue weighted by molar-refractivity contribution is 6.04. The number of tetrazole rings is 1. The molecular weight excluding hydrogens is 294 g/mol. The van der Waals surface area contributed by atoms with Crippen molar-refractivity contribution in [3.05, 3.63) is 54.1 Å². The van der Waals surface area contributed by atoms with Gasteiger partial charge in [-0.15, -0.1) is 5.10 Å². The summed E-state index contributed by atoms with van der Waals surface area (Å²) < 4.78 is 6.70. The molecule has 0 aliphatic heterocycles. The minimum atomic E-state index is -0.213. The number of anilines is 1. The molecule has 3 aromatic rings. The minimum absolute atomic E-state index is 0.213. The van der Waals surface area contributed by atoms with Crippen molar-refractivity contribution < 1.29 is 9.53 Å². The van der Waals surface area contributed by atoms with Gasteiger partial charge in [0.25, 0.3) is 5.91 Å². The Bertz CT molecular complexity index is 844. The highest BCUT2D eigenvalue weighted by Gasteiger charge is 2.11. The van der Waals surface area contributed by atoms with Gasteiger partial charge in [0.15, 0.2) is 5.82 Å². The molecule has 1 aromatic heterocycles. The molecule has 0 radical (unpaired) electrons. The summed E-state index contributed by atoms with van der Waals surface area (Å²) in [5, 5.41) is 14.2. The first kappa shape index (κ1) is 14.7. The second kappa shape index (κ2) is 6.27. The summed E-state index contributed by atoms with van der Waals surface area (Å²) in [5.41, 5.74) is 1.96. The molecule has 0 fully saturated rings. The summed E-state index contributed by atoms with van der Waals surface area (Å²) in [4.78, 5) is 12.4. The van der Waals surface area contributed by atoms with Crippen LogP contribution in [-0.4, -0.2) is 33.2 Å². The number of hydrogen-bond acceptors (Lipinski definition) is 5. The topological polar surface area (TPSA) is 81.9 Å². The number of carbonyl (C=O) groups excluding carboxylic acids is 1. The number of methoxy groups -OCH3 is 1. The number of nitrogens with one attached hydrogen (secondary N) is 1. The van der Waals surface area contributed by atoms with Gasteiger partial charge in [0, 0.05) is 29.9 Å². The molecule has 0 bridgehead atoms. The van der Waals surface area contributed by atoms with Gasteiger partial charge < -0.3 is 10.1 Å². The maximum absolute atomic E-state index is 12.4. The maximum atomic E-state index is 12.4. The lowest BCUT2D eigenvalue weighted by Crippen LogP contribution is -2.12. The molecular formula is C16H15N5O2. The Hall–Kier alpha value is -3.22. The standard InChI is InChI=1S/C16H15N5O2/c1-21-15(18-19-20-21)11-5-3-6-12(9-11)16(22)17-13-7-4-8-14(10-13)23-2/h3-10H,1-2H3,(H,17,22). The zero-order valence-electron chi connectivity index (χ0n) is 12.7. The van der Waals surface area contributed by atoms with Crippen LogP contribution < -0.4 is 10.1 Å². The van der Waals surface area contributed by atoms with Gasteiger partial charge in [-0.1, -0.05) is 18.2 Å². The third-order valence-corrected chi connectivity index (χ3v) is 3.33. The first-order valence-electron chi connectivity index (χ1n) is 6.95. The number of nitrogens with zero attached hydrogens (tertiary/aromatic N) is 4. The van der Waals surface area contributed by atoms with Crippen LogP contribution in [0, 0.1) is 0 Å². The molecule has 2 aromatic carbocycles. The summed E-state index contributed by atoms with van der Waals surface area (Å²) in [6.07, 6.45) is 0. The lowest BCUT2D eigenvalue weighted by atomic mass is 10.1. The van der Waals surface area contributed by atoms with Crippen molar-refractivity contribution in [1.82, 2.24) is 20.2 Å². The van der Waals surface area contributed by atoms with E-state index in [1.807, 2.05) is 18.2 Å². The quantitative estimate of drug-likeness (QED) is 0.798. The SMILES string of the molecule is COc1cccc(NC(=O)c2cccc(-c3nnnn3C)c2)c1. The molecule has 7 heteroatoms. The van der Waals surface area contributed by atoms with Crippen molar-refractivity contribution in [3.8, 4) is 17.1 Å². The molecule has 23 heavy (non-hydrogen) atoms. The van der Waals surface area contributed by atoms with E-state index in [1.54, 1.807) is 49.2 Å². The van der Waals surface area contributed by atoms with Crippen molar-refractivity contribution in [3.63, 3.8) is 0 Å². The largest absolute Gasteiger partial charge is 0.497 e. The van der Waals surface area contributed by atoms with Gasteiger partial charge in [0.2, 0.25) is 0 Å². The van der Waals surface area contributed by atoms with Crippen LogP contribution in [0.1, 0.15) is 10.4 Å². The average molecular weight is 309 g/mol. The van der Waals surface area contributed by atoms with Crippen molar-refractivity contribution in [2.75, 3.05) is 12.4 Å². The number of rotatable bonds is 4. The van der Waals surface area contributed by atoms with Gasteiger partial charge in [-0.05, 0) is 34.7 Å². The normalized spacial score (nSPS) is 10.3. The van der Waals surface area contributed by atoms with E-state index in [0.29, 0.717) is 22.8 Å². The lowest BCUT2D eigenvalue weighted by molar-refractivity contribution is 0.102. The smallest absolute Gasteiger partial charge is 0.255 e. The van der Waals surface area contributed by atoms with E-state index < -0.39 is 0 Å². The van der Waals surface area contributed by atoms with E-state index in [-0.39, 0.29) is 5.91 Å². The van der Waals surface area contributed by atoms with Gasteiger partial charge in [0.05, 0.1) is 7.11 Å². The highest BCUT2D eigenvalue weighted by atomic mass is 16.5. The number of amides is 1. The Kier molecular flexibility index (Phi) is 4.01. The molecule has 0 spiro atoms. The molecule has 0 saturated carbocycles. The summed E-state index contributed by atoms with van der Waals surface area (Å²) in [6.45, 7) is 0. The summed E-state index contributed by atoms with van der Waals surface area (Å²) in [5.74, 6) is 1.07. The fourth-order valence-electron chi connectivity index (χ4n) is 2.18. The second-order valence-corrected chi connectivity index (χ2v) is 4.89. The van der Waals surface area contributed by atoms with Crippen molar-refractivity contribution in [1.29, 1.82) is 0 Å². The zero-order valence-corrected chi connectivity index (χ0v) is 12.7. The maximum Gasteiger partial charge on any atom is 0.255 e. The van der Waals surface area contributed by atoms with Crippen LogP contribution in [0.5, 0.6) is 5.75 Å². The van der Waals surface area contributed by atoms with Crippen LogP contribution in [0.3, 0.4) is 0 Å². The van der Waals surface area contributed by atoms with Crippen molar-refractivity contribution >= 4 is 11.6 Å². The van der Waals surface area contributed by atoms with E-state index in [9.17, 15) is 4.79 Å². The number of ether oxygens (including phenoxy) is 1.